The number of benzene rings is 2. The molecule has 0 atom stereocenters. The lowest BCUT2D eigenvalue weighted by Gasteiger charge is -2.09. The Labute approximate surface area is 154 Å². The highest BCUT2D eigenvalue weighted by atomic mass is 35.5. The van der Waals surface area contributed by atoms with Gasteiger partial charge in [-0.05, 0) is 35.9 Å². The minimum absolute atomic E-state index is 0.0432. The van der Waals surface area contributed by atoms with Crippen LogP contribution in [0.1, 0.15) is 15.9 Å². The van der Waals surface area contributed by atoms with E-state index in [1.54, 1.807) is 6.07 Å². The molecule has 2 rings (SSSR count). The summed E-state index contributed by atoms with van der Waals surface area (Å²) >= 11 is 5.90. The van der Waals surface area contributed by atoms with E-state index in [-0.39, 0.29) is 23.6 Å². The summed E-state index contributed by atoms with van der Waals surface area (Å²) in [6, 6.07) is 9.99. The molecule has 0 aromatic heterocycles. The van der Waals surface area contributed by atoms with Crippen molar-refractivity contribution in [1.82, 2.24) is 5.32 Å². The van der Waals surface area contributed by atoms with Crippen LogP contribution in [0.5, 0.6) is 0 Å². The molecule has 6 nitrogen and oxygen atoms in total. The summed E-state index contributed by atoms with van der Waals surface area (Å²) in [6.07, 6.45) is -0.0432. The first-order valence-corrected chi connectivity index (χ1v) is 7.95. The zero-order valence-corrected chi connectivity index (χ0v) is 14.6. The van der Waals surface area contributed by atoms with Crippen molar-refractivity contribution in [2.45, 2.75) is 6.42 Å². The lowest BCUT2D eigenvalue weighted by atomic mass is 10.1. The molecule has 2 N–H and O–H groups in total. The maximum absolute atomic E-state index is 13.1. The van der Waals surface area contributed by atoms with Crippen LogP contribution in [-0.4, -0.2) is 31.4 Å². The smallest absolute Gasteiger partial charge is 0.339 e. The predicted octanol–water partition coefficient (Wildman–Crippen LogP) is 2.56. The van der Waals surface area contributed by atoms with Crippen LogP contribution >= 0.6 is 11.6 Å². The molecule has 0 saturated carbocycles. The van der Waals surface area contributed by atoms with Crippen molar-refractivity contribution in [1.29, 1.82) is 0 Å². The van der Waals surface area contributed by atoms with Gasteiger partial charge in [0.25, 0.3) is 0 Å². The van der Waals surface area contributed by atoms with E-state index in [1.807, 2.05) is 0 Å². The molecule has 0 aliphatic carbocycles. The second-order valence-corrected chi connectivity index (χ2v) is 5.73. The molecule has 0 fully saturated rings. The fraction of sp³-hybridized carbons (Fsp3) is 0.167. The summed E-state index contributed by atoms with van der Waals surface area (Å²) in [5.74, 6) is -1.97. The van der Waals surface area contributed by atoms with E-state index in [1.165, 1.54) is 43.5 Å². The Morgan fingerprint density at radius 1 is 1.12 bits per heavy atom. The maximum Gasteiger partial charge on any atom is 0.339 e. The van der Waals surface area contributed by atoms with Gasteiger partial charge in [0.15, 0.2) is 0 Å². The van der Waals surface area contributed by atoms with E-state index in [4.69, 9.17) is 11.6 Å². The van der Waals surface area contributed by atoms with Crippen LogP contribution in [0.3, 0.4) is 0 Å². The monoisotopic (exact) mass is 378 g/mol. The molecule has 136 valence electrons. The molecule has 2 aromatic rings. The molecule has 0 aliphatic rings. The number of nitrogens with one attached hydrogen (secondary N) is 2. The van der Waals surface area contributed by atoms with E-state index in [0.717, 1.165) is 0 Å². The summed E-state index contributed by atoms with van der Waals surface area (Å²) in [7, 11) is 1.22. The summed E-state index contributed by atoms with van der Waals surface area (Å²) in [5, 5.41) is 5.17. The molecule has 0 saturated heterocycles. The van der Waals surface area contributed by atoms with Crippen LogP contribution in [-0.2, 0) is 20.7 Å². The van der Waals surface area contributed by atoms with Gasteiger partial charge >= 0.3 is 5.97 Å². The van der Waals surface area contributed by atoms with Crippen LogP contribution in [0.25, 0.3) is 0 Å². The van der Waals surface area contributed by atoms with E-state index >= 15 is 0 Å². The van der Waals surface area contributed by atoms with Crippen molar-refractivity contribution in [3.8, 4) is 0 Å². The van der Waals surface area contributed by atoms with Gasteiger partial charge in [0.05, 0.1) is 30.7 Å². The number of hydrogen-bond donors (Lipinski definition) is 2. The highest BCUT2D eigenvalue weighted by molar-refractivity contribution is 6.33. The second-order valence-electron chi connectivity index (χ2n) is 5.32. The third-order valence-electron chi connectivity index (χ3n) is 3.36. The first-order valence-electron chi connectivity index (χ1n) is 7.58. The first-order chi connectivity index (χ1) is 12.4. The Kier molecular flexibility index (Phi) is 6.68. The standard InChI is InChI=1S/C18H16ClFN2O4/c1-26-18(25)14-9-13(5-6-15(14)19)22-17(24)10-21-16(23)8-11-3-2-4-12(20)7-11/h2-7,9H,8,10H2,1H3,(H,21,23)(H,22,24). The maximum atomic E-state index is 13.1. The van der Waals surface area contributed by atoms with Crippen LogP contribution in [0.15, 0.2) is 42.5 Å². The highest BCUT2D eigenvalue weighted by Gasteiger charge is 2.13. The third kappa shape index (κ3) is 5.56. The van der Waals surface area contributed by atoms with Crippen LogP contribution in [0, 0.1) is 5.82 Å². The number of carbonyl (C=O) groups excluding carboxylic acids is 3. The molecule has 8 heteroatoms. The molecular weight excluding hydrogens is 363 g/mol. The lowest BCUT2D eigenvalue weighted by Crippen LogP contribution is -2.33. The fourth-order valence-corrected chi connectivity index (χ4v) is 2.34. The Balaban J connectivity index is 1.88. The first kappa shape index (κ1) is 19.4. The molecule has 0 aliphatic heterocycles. The van der Waals surface area contributed by atoms with E-state index in [9.17, 15) is 18.8 Å². The van der Waals surface area contributed by atoms with Crippen molar-refractivity contribution < 1.29 is 23.5 Å². The summed E-state index contributed by atoms with van der Waals surface area (Å²) in [5.41, 5.74) is 0.949. The Hall–Kier alpha value is -2.93. The summed E-state index contributed by atoms with van der Waals surface area (Å²) in [4.78, 5) is 35.3. The third-order valence-corrected chi connectivity index (χ3v) is 3.68. The van der Waals surface area contributed by atoms with Gasteiger partial charge in [-0.15, -0.1) is 0 Å². The zero-order valence-electron chi connectivity index (χ0n) is 13.8. The Morgan fingerprint density at radius 2 is 1.88 bits per heavy atom. The van der Waals surface area contributed by atoms with Crippen molar-refractivity contribution in [3.05, 3.63) is 64.4 Å². The molecule has 0 unspecified atom stereocenters. The summed E-state index contributed by atoms with van der Waals surface area (Å²) < 4.78 is 17.7. The Bertz CT molecular complexity index is 842. The van der Waals surface area contributed by atoms with Crippen LogP contribution in [0.2, 0.25) is 5.02 Å². The number of halogens is 2. The van der Waals surface area contributed by atoms with E-state index in [0.29, 0.717) is 11.3 Å². The molecule has 2 aromatic carbocycles. The van der Waals surface area contributed by atoms with E-state index in [2.05, 4.69) is 15.4 Å². The van der Waals surface area contributed by atoms with Gasteiger partial charge in [0.1, 0.15) is 5.82 Å². The largest absolute Gasteiger partial charge is 0.465 e. The lowest BCUT2D eigenvalue weighted by molar-refractivity contribution is -0.123. The molecule has 0 radical (unpaired) electrons. The SMILES string of the molecule is COC(=O)c1cc(NC(=O)CNC(=O)Cc2cccc(F)c2)ccc1Cl. The molecule has 0 bridgehead atoms. The van der Waals surface area contributed by atoms with Crippen molar-refractivity contribution in [2.75, 3.05) is 19.0 Å². The summed E-state index contributed by atoms with van der Waals surface area (Å²) in [6.45, 7) is -0.273. The van der Waals surface area contributed by atoms with Gasteiger partial charge < -0.3 is 15.4 Å². The predicted molar refractivity (Wildman–Crippen MR) is 94.5 cm³/mol. The molecule has 26 heavy (non-hydrogen) atoms. The zero-order chi connectivity index (χ0) is 19.1. The average Bonchev–Trinajstić information content (AvgIpc) is 2.61. The van der Waals surface area contributed by atoms with Gasteiger partial charge in [-0.2, -0.15) is 0 Å². The minimum atomic E-state index is -0.630. The normalized spacial score (nSPS) is 10.1. The van der Waals surface area contributed by atoms with Gasteiger partial charge in [0, 0.05) is 5.69 Å². The number of amides is 2. The van der Waals surface area contributed by atoms with Gasteiger partial charge in [-0.25, -0.2) is 9.18 Å². The van der Waals surface area contributed by atoms with Crippen molar-refractivity contribution in [3.63, 3.8) is 0 Å². The van der Waals surface area contributed by atoms with Gasteiger partial charge in [-0.3, -0.25) is 9.59 Å². The number of anilines is 1. The molecular formula is C18H16ClFN2O4. The van der Waals surface area contributed by atoms with Crippen molar-refractivity contribution in [2.24, 2.45) is 0 Å². The number of hydrogen-bond acceptors (Lipinski definition) is 4. The van der Waals surface area contributed by atoms with Crippen molar-refractivity contribution >= 4 is 35.1 Å². The molecule has 0 heterocycles. The molecule has 0 spiro atoms. The van der Waals surface area contributed by atoms with Gasteiger partial charge in [0.2, 0.25) is 11.8 Å². The second kappa shape index (κ2) is 8.96. The Morgan fingerprint density at radius 3 is 2.58 bits per heavy atom. The number of methoxy groups -OCH3 is 1. The van der Waals surface area contributed by atoms with Gasteiger partial charge in [-0.1, -0.05) is 23.7 Å². The van der Waals surface area contributed by atoms with Crippen LogP contribution < -0.4 is 10.6 Å². The topological polar surface area (TPSA) is 84.5 Å². The number of ether oxygens (including phenoxy) is 1. The highest BCUT2D eigenvalue weighted by Crippen LogP contribution is 2.21. The van der Waals surface area contributed by atoms with Crippen LogP contribution in [0.4, 0.5) is 10.1 Å². The quantitative estimate of drug-likeness (QED) is 0.757. The average molecular weight is 379 g/mol. The minimum Gasteiger partial charge on any atom is -0.465 e. The number of rotatable bonds is 6. The molecule has 2 amide bonds. The number of esters is 1. The van der Waals surface area contributed by atoms with E-state index < -0.39 is 23.6 Å². The number of carbonyl (C=O) groups is 3. The fourth-order valence-electron chi connectivity index (χ4n) is 2.15.